The van der Waals surface area contributed by atoms with Crippen molar-refractivity contribution in [3.63, 3.8) is 0 Å². The number of fused-ring (bicyclic) bond motifs is 8. The topological polar surface area (TPSA) is 19.0 Å². The molecule has 14 aromatic carbocycles. The van der Waals surface area contributed by atoms with E-state index < -0.39 is 99.0 Å². The standard InChI is InChI=1S/C95H73B2N3OSSe/c1-57(2)64-50-80-90-84(51-64)103-83-46-28-43-74-87(83)97(90)89-79(99(74)91-67(59-31-16-10-17-32-59)40-26-41-68(91)60-33-18-11-19-34-60)56-78-88(93(89)101-80)96-72-48-47-63(58-29-14-9-15-30-58)49-75(72)100(92-70(61-35-20-12-21-36-61)52-65(94(3,4)5)53-71(92)62-37-22-13-23-38-62)77-55-66(95(6,7)8)54-76(86(77)96)98(78)73-42-27-45-82-85(73)69-39-24-25-44-81(69)102-82/h9-57H,1-8H3/i9D,14D,15D,26D,28D,29D,30D,40D,41D,46D,47D,48D,49D,50D,51D,56D. The van der Waals surface area contributed by atoms with Crippen LogP contribution in [0.3, 0.4) is 0 Å². The summed E-state index contributed by atoms with van der Waals surface area (Å²) in [5.74, 6) is -0.193. The Morgan fingerprint density at radius 3 is 1.60 bits per heavy atom. The fourth-order valence-corrected chi connectivity index (χ4v) is 19.6. The summed E-state index contributed by atoms with van der Waals surface area (Å²) in [5.41, 5.74) is 9.87. The van der Waals surface area contributed by atoms with Gasteiger partial charge >= 0.3 is 449 Å². The van der Waals surface area contributed by atoms with E-state index >= 15 is 0 Å². The number of hydrogen-bond acceptors (Lipinski definition) is 5. The molecule has 0 bridgehead atoms. The zero-order valence-electron chi connectivity index (χ0n) is 73.8. The Morgan fingerprint density at radius 1 is 0.398 bits per heavy atom. The van der Waals surface area contributed by atoms with Crippen molar-refractivity contribution in [2.75, 3.05) is 14.7 Å². The first-order valence-electron chi connectivity index (χ1n) is 43.0. The molecule has 5 aliphatic heterocycles. The average molecular weight is 1420 g/mol. The number of benzene rings is 14. The number of hydrogen-bond donors (Lipinski definition) is 0. The van der Waals surface area contributed by atoms with Gasteiger partial charge in [0.15, 0.2) is 0 Å². The summed E-state index contributed by atoms with van der Waals surface area (Å²) in [7, 11) is 0. The van der Waals surface area contributed by atoms with E-state index in [0.717, 1.165) is 42.4 Å². The minimum absolute atomic E-state index is 0.0282. The van der Waals surface area contributed by atoms with E-state index in [1.165, 1.54) is 0 Å². The van der Waals surface area contributed by atoms with Gasteiger partial charge in [-0.1, -0.05) is 145 Å². The van der Waals surface area contributed by atoms with Crippen LogP contribution < -0.4 is 61.1 Å². The second kappa shape index (κ2) is 23.3. The molecule has 0 spiro atoms. The maximum atomic E-state index is 12.4. The number of rotatable bonds is 9. The third-order valence-corrected chi connectivity index (χ3v) is 24.4. The van der Waals surface area contributed by atoms with Crippen molar-refractivity contribution in [1.29, 1.82) is 0 Å². The van der Waals surface area contributed by atoms with Crippen LogP contribution in [0.25, 0.3) is 75.8 Å². The molecule has 20 rings (SSSR count). The van der Waals surface area contributed by atoms with E-state index in [2.05, 4.69) is 88.9 Å². The molecule has 0 saturated carbocycles. The van der Waals surface area contributed by atoms with E-state index in [-0.39, 0.29) is 110 Å². The Balaban J connectivity index is 1.06. The molecule has 0 N–H and O–H groups in total. The molecule has 0 atom stereocenters. The first-order valence-corrected chi connectivity index (χ1v) is 37.5. The predicted octanol–water partition coefficient (Wildman–Crippen LogP) is 20.6. The van der Waals surface area contributed by atoms with Crippen molar-refractivity contribution >= 4 is 153 Å². The van der Waals surface area contributed by atoms with Crippen LogP contribution in [0.1, 0.15) is 99.9 Å². The number of thiophene rings is 1. The SMILES string of the molecule is [2H]c1cc2c3c(c1[2H])[Se]c1c([2H])c(C(C)C)c([2H])c4c1B3c1c(c3c(c([2H])c1N2c1c(-c2ccccc2)c([2H])c([2H])c([2H])c1-c1ccccc1)N(c1cccc2sc5ccccc5c12)c1cc(C(C)(C)C)cc2c1B3c1c([2H])c([2H])c(-c3c([2H])c([2H])c([2H])c([2H])c3[2H])c([2H])c1N2c1c(-c2ccccc2)cc(C(C)(C)C)cc1-c1ccccc1)O4. The minimum atomic E-state index is -1.39. The fourth-order valence-electron chi connectivity index (χ4n) is 16.1. The molecule has 0 saturated heterocycles. The number of nitrogens with zero attached hydrogens (tertiary/aromatic N) is 3. The zero-order chi connectivity index (χ0) is 83.2. The van der Waals surface area contributed by atoms with Gasteiger partial charge in [-0.3, -0.25) is 0 Å². The van der Waals surface area contributed by atoms with Crippen molar-refractivity contribution in [3.8, 4) is 67.1 Å². The monoisotopic (exact) mass is 1420 g/mol. The summed E-state index contributed by atoms with van der Waals surface area (Å²) in [6.07, 6.45) is 0. The summed E-state index contributed by atoms with van der Waals surface area (Å²) < 4.78 is 177. The van der Waals surface area contributed by atoms with Gasteiger partial charge in [0.25, 0.3) is 0 Å². The number of anilines is 9. The zero-order valence-corrected chi connectivity index (χ0v) is 60.3. The van der Waals surface area contributed by atoms with Gasteiger partial charge in [-0.2, -0.15) is 0 Å². The van der Waals surface area contributed by atoms with Gasteiger partial charge in [-0.15, -0.1) is 0 Å². The van der Waals surface area contributed by atoms with Crippen LogP contribution in [0.5, 0.6) is 11.5 Å². The first kappa shape index (κ1) is 47.4. The van der Waals surface area contributed by atoms with E-state index in [0.29, 0.717) is 87.0 Å². The van der Waals surface area contributed by atoms with Crippen molar-refractivity contribution in [1.82, 2.24) is 0 Å². The molecule has 103 heavy (non-hydrogen) atoms. The molecule has 6 heterocycles. The quantitative estimate of drug-likeness (QED) is 0.134. The van der Waals surface area contributed by atoms with Crippen LogP contribution in [-0.4, -0.2) is 28.4 Å². The molecule has 0 amide bonds. The van der Waals surface area contributed by atoms with Gasteiger partial charge in [-0.05, 0) is 40.3 Å². The van der Waals surface area contributed by atoms with Crippen LogP contribution in [0, 0.1) is 0 Å². The summed E-state index contributed by atoms with van der Waals surface area (Å²) in [5, 5.41) is 1.73. The molecule has 0 unspecified atom stereocenters. The second-order valence-corrected chi connectivity index (χ2v) is 32.8. The third kappa shape index (κ3) is 9.57. The third-order valence-electron chi connectivity index (χ3n) is 21.0. The van der Waals surface area contributed by atoms with Crippen LogP contribution in [0.4, 0.5) is 51.2 Å². The van der Waals surface area contributed by atoms with Gasteiger partial charge in [0.1, 0.15) is 0 Å². The Morgan fingerprint density at radius 2 is 0.961 bits per heavy atom. The van der Waals surface area contributed by atoms with Crippen molar-refractivity contribution in [2.24, 2.45) is 0 Å². The van der Waals surface area contributed by atoms with Crippen molar-refractivity contribution < 1.29 is 26.7 Å². The van der Waals surface area contributed by atoms with E-state index in [1.54, 1.807) is 17.4 Å². The molecule has 0 radical (unpaired) electrons. The Bertz CT molecular complexity index is 6880. The van der Waals surface area contributed by atoms with Gasteiger partial charge in [0.2, 0.25) is 0 Å². The molecule has 0 aliphatic carbocycles. The summed E-state index contributed by atoms with van der Waals surface area (Å²) >= 11 is 0.673. The predicted molar refractivity (Wildman–Crippen MR) is 443 cm³/mol. The molecule has 8 heteroatoms. The van der Waals surface area contributed by atoms with Crippen molar-refractivity contribution in [2.45, 2.75) is 72.1 Å². The van der Waals surface area contributed by atoms with Gasteiger partial charge in [0, 0.05) is 0 Å². The molecule has 4 nitrogen and oxygen atoms in total. The van der Waals surface area contributed by atoms with Gasteiger partial charge in [0.05, 0.1) is 6.85 Å². The summed E-state index contributed by atoms with van der Waals surface area (Å²) in [6.45, 7) is 14.2. The average Bonchev–Trinajstić information content (AvgIpc) is 0.669. The molecule has 1 aromatic heterocycles. The van der Waals surface area contributed by atoms with Crippen LogP contribution in [-0.2, 0) is 10.8 Å². The number of ether oxygens (including phenoxy) is 1. The Hall–Kier alpha value is -10.9. The molecule has 5 aliphatic rings. The summed E-state index contributed by atoms with van der Waals surface area (Å²) in [6, 6.07) is 56.7. The first-order chi connectivity index (χ1) is 56.9. The second-order valence-electron chi connectivity index (χ2n) is 29.5. The van der Waals surface area contributed by atoms with E-state index in [4.69, 9.17) is 6.11 Å². The Kier molecular flexibility index (Phi) is 10.7. The van der Waals surface area contributed by atoms with Crippen LogP contribution in [0.15, 0.2) is 291 Å². The molecule has 492 valence electrons. The summed E-state index contributed by atoms with van der Waals surface area (Å²) in [4.78, 5) is 6.04. The van der Waals surface area contributed by atoms with Gasteiger partial charge in [-0.25, -0.2) is 0 Å². The molecular weight excluding hydrogens is 1330 g/mol. The molecule has 15 aromatic rings. The van der Waals surface area contributed by atoms with Crippen LogP contribution in [0.2, 0.25) is 0 Å². The Labute approximate surface area is 637 Å². The van der Waals surface area contributed by atoms with E-state index in [1.807, 2.05) is 169 Å². The normalized spacial score (nSPS) is 15.8. The number of para-hydroxylation sites is 1. The fraction of sp³-hybridized carbons (Fsp3) is 0.116. The molecule has 0 fully saturated rings. The van der Waals surface area contributed by atoms with Crippen LogP contribution >= 0.6 is 11.3 Å². The van der Waals surface area contributed by atoms with Crippen molar-refractivity contribution in [3.05, 3.63) is 307 Å². The van der Waals surface area contributed by atoms with Gasteiger partial charge < -0.3 is 0 Å². The van der Waals surface area contributed by atoms with E-state index in [9.17, 15) is 20.6 Å². The maximum absolute atomic E-state index is 12.4. The molecular formula is C95H73B2N3OSSe.